The molecule has 1 atom stereocenters. The zero-order valence-electron chi connectivity index (χ0n) is 20.5. The highest BCUT2D eigenvalue weighted by Gasteiger charge is 2.22. The molecule has 0 aliphatic rings. The van der Waals surface area contributed by atoms with Crippen molar-refractivity contribution in [3.05, 3.63) is 12.2 Å². The third-order valence-corrected chi connectivity index (χ3v) is 5.77. The molecule has 0 bridgehead atoms. The van der Waals surface area contributed by atoms with Crippen LogP contribution in [0.5, 0.6) is 0 Å². The zero-order valence-corrected chi connectivity index (χ0v) is 20.5. The van der Waals surface area contributed by atoms with Gasteiger partial charge in [-0.15, -0.1) is 0 Å². The van der Waals surface area contributed by atoms with E-state index in [2.05, 4.69) is 19.1 Å². The Morgan fingerprint density at radius 2 is 1.19 bits per heavy atom. The van der Waals surface area contributed by atoms with Gasteiger partial charge in [0.05, 0.1) is 18.9 Å². The smallest absolute Gasteiger partial charge is 0.309 e. The normalized spacial score (nSPS) is 12.3. The van der Waals surface area contributed by atoms with E-state index in [1.807, 2.05) is 6.92 Å². The third kappa shape index (κ3) is 21.7. The minimum Gasteiger partial charge on any atom is -0.481 e. The molecule has 31 heavy (non-hydrogen) atoms. The highest BCUT2D eigenvalue weighted by Crippen LogP contribution is 2.18. The first-order valence-corrected chi connectivity index (χ1v) is 13.1. The van der Waals surface area contributed by atoms with Crippen LogP contribution in [-0.2, 0) is 14.3 Å². The number of allylic oxidation sites excluding steroid dienone is 2. The Balaban J connectivity index is 3.47. The predicted molar refractivity (Wildman–Crippen MR) is 130 cm³/mol. The second-order valence-corrected chi connectivity index (χ2v) is 8.90. The van der Waals surface area contributed by atoms with Crippen LogP contribution in [0.3, 0.4) is 0 Å². The van der Waals surface area contributed by atoms with E-state index >= 15 is 0 Å². The number of carbonyl (C=O) groups excluding carboxylic acids is 1. The van der Waals surface area contributed by atoms with Gasteiger partial charge in [0.15, 0.2) is 0 Å². The largest absolute Gasteiger partial charge is 0.481 e. The number of unbranched alkanes of at least 4 members (excludes halogenated alkanes) is 14. The molecule has 0 spiro atoms. The minimum atomic E-state index is -0.919. The molecule has 4 heteroatoms. The van der Waals surface area contributed by atoms with Gasteiger partial charge < -0.3 is 9.84 Å². The van der Waals surface area contributed by atoms with Crippen molar-refractivity contribution in [1.82, 2.24) is 0 Å². The van der Waals surface area contributed by atoms with E-state index < -0.39 is 11.9 Å². The highest BCUT2D eigenvalue weighted by atomic mass is 16.5. The lowest BCUT2D eigenvalue weighted by Crippen LogP contribution is -2.21. The molecule has 0 aromatic carbocycles. The summed E-state index contributed by atoms with van der Waals surface area (Å²) in [6, 6.07) is 0. The Kier molecular flexibility index (Phi) is 22.4. The second kappa shape index (κ2) is 23.3. The van der Waals surface area contributed by atoms with Crippen molar-refractivity contribution in [1.29, 1.82) is 0 Å². The van der Waals surface area contributed by atoms with Crippen LogP contribution >= 0.6 is 0 Å². The summed E-state index contributed by atoms with van der Waals surface area (Å²) in [5, 5.41) is 9.00. The molecule has 0 saturated heterocycles. The van der Waals surface area contributed by atoms with Crippen LogP contribution in [0.2, 0.25) is 0 Å². The predicted octanol–water partition coefficient (Wildman–Crippen LogP) is 8.24. The number of hydrogen-bond donors (Lipinski definition) is 1. The van der Waals surface area contributed by atoms with Gasteiger partial charge in [0.1, 0.15) is 0 Å². The molecule has 0 fully saturated rings. The van der Waals surface area contributed by atoms with Crippen LogP contribution < -0.4 is 0 Å². The molecule has 0 aliphatic carbocycles. The molecule has 1 unspecified atom stereocenters. The number of carboxylic acid groups (broad SMARTS) is 1. The molecule has 0 aromatic rings. The van der Waals surface area contributed by atoms with E-state index in [-0.39, 0.29) is 12.4 Å². The van der Waals surface area contributed by atoms with E-state index in [9.17, 15) is 9.59 Å². The molecule has 0 heterocycles. The van der Waals surface area contributed by atoms with Crippen LogP contribution in [0.4, 0.5) is 0 Å². The molecular weight excluding hydrogens is 388 g/mol. The maximum atomic E-state index is 12.0. The van der Waals surface area contributed by atoms with Crippen LogP contribution in [0.1, 0.15) is 136 Å². The summed E-state index contributed by atoms with van der Waals surface area (Å²) >= 11 is 0. The SMILES string of the molecule is CCCC/C=C/CCCCCCCCCCCCCCC(CC(=O)O)C(=O)OCCC. The summed E-state index contributed by atoms with van der Waals surface area (Å²) in [5.41, 5.74) is 0. The fourth-order valence-corrected chi connectivity index (χ4v) is 3.81. The van der Waals surface area contributed by atoms with Crippen molar-refractivity contribution in [2.75, 3.05) is 6.61 Å². The number of esters is 1. The first kappa shape index (κ1) is 29.7. The van der Waals surface area contributed by atoms with Gasteiger partial charge in [-0.3, -0.25) is 9.59 Å². The Hall–Kier alpha value is -1.32. The lowest BCUT2D eigenvalue weighted by Gasteiger charge is -2.13. The fraction of sp³-hybridized carbons (Fsp3) is 0.852. The molecule has 0 aromatic heterocycles. The average molecular weight is 439 g/mol. The summed E-state index contributed by atoms with van der Waals surface area (Å²) in [6.07, 6.45) is 26.3. The molecule has 0 rings (SSSR count). The van der Waals surface area contributed by atoms with E-state index in [1.54, 1.807) is 0 Å². The van der Waals surface area contributed by atoms with Gasteiger partial charge in [-0.25, -0.2) is 0 Å². The zero-order chi connectivity index (χ0) is 23.0. The molecule has 1 N–H and O–H groups in total. The molecule has 0 saturated carbocycles. The van der Waals surface area contributed by atoms with Crippen molar-refractivity contribution in [2.24, 2.45) is 5.92 Å². The van der Waals surface area contributed by atoms with Crippen molar-refractivity contribution in [3.8, 4) is 0 Å². The van der Waals surface area contributed by atoms with Crippen LogP contribution in [0.15, 0.2) is 12.2 Å². The standard InChI is InChI=1S/C27H50O4/c1-3-5-6-7-8-9-10-11-12-13-14-15-16-17-18-19-20-21-22-25(24-26(28)29)27(30)31-23-4-2/h7-8,25H,3-6,9-24H2,1-2H3,(H,28,29)/b8-7+. The van der Waals surface area contributed by atoms with Crippen LogP contribution in [-0.4, -0.2) is 23.7 Å². The average Bonchev–Trinajstić information content (AvgIpc) is 2.75. The first-order chi connectivity index (χ1) is 15.1. The summed E-state index contributed by atoms with van der Waals surface area (Å²) in [6.45, 7) is 4.56. The second-order valence-electron chi connectivity index (χ2n) is 8.90. The molecule has 0 radical (unpaired) electrons. The molecule has 4 nitrogen and oxygen atoms in total. The number of ether oxygens (including phenoxy) is 1. The Labute approximate surface area is 192 Å². The first-order valence-electron chi connectivity index (χ1n) is 13.1. The highest BCUT2D eigenvalue weighted by molar-refractivity contribution is 5.79. The summed E-state index contributed by atoms with van der Waals surface area (Å²) in [4.78, 5) is 22.9. The van der Waals surface area contributed by atoms with Crippen molar-refractivity contribution in [3.63, 3.8) is 0 Å². The van der Waals surface area contributed by atoms with Gasteiger partial charge >= 0.3 is 11.9 Å². The van der Waals surface area contributed by atoms with Gasteiger partial charge in [0, 0.05) is 0 Å². The lowest BCUT2D eigenvalue weighted by atomic mass is 9.97. The molecule has 182 valence electrons. The molecular formula is C27H50O4. The maximum Gasteiger partial charge on any atom is 0.309 e. The number of hydrogen-bond acceptors (Lipinski definition) is 3. The Morgan fingerprint density at radius 3 is 1.68 bits per heavy atom. The van der Waals surface area contributed by atoms with Crippen LogP contribution in [0, 0.1) is 5.92 Å². The Bertz CT molecular complexity index is 445. The number of carbonyl (C=O) groups is 2. The summed E-state index contributed by atoms with van der Waals surface area (Å²) < 4.78 is 5.14. The fourth-order valence-electron chi connectivity index (χ4n) is 3.81. The molecule has 0 aliphatic heterocycles. The number of carboxylic acids is 1. The van der Waals surface area contributed by atoms with E-state index in [0.29, 0.717) is 13.0 Å². The van der Waals surface area contributed by atoms with Gasteiger partial charge in [0.2, 0.25) is 0 Å². The third-order valence-electron chi connectivity index (χ3n) is 5.77. The van der Waals surface area contributed by atoms with Gasteiger partial charge in [-0.1, -0.05) is 109 Å². The lowest BCUT2D eigenvalue weighted by molar-refractivity contribution is -0.153. The van der Waals surface area contributed by atoms with E-state index in [0.717, 1.165) is 19.3 Å². The Morgan fingerprint density at radius 1 is 0.710 bits per heavy atom. The number of aliphatic carboxylic acids is 1. The summed E-state index contributed by atoms with van der Waals surface area (Å²) in [5.74, 6) is -1.74. The van der Waals surface area contributed by atoms with Gasteiger partial charge in [-0.05, 0) is 32.1 Å². The quantitative estimate of drug-likeness (QED) is 0.0991. The van der Waals surface area contributed by atoms with Crippen molar-refractivity contribution in [2.45, 2.75) is 136 Å². The van der Waals surface area contributed by atoms with Gasteiger partial charge in [-0.2, -0.15) is 0 Å². The van der Waals surface area contributed by atoms with Crippen molar-refractivity contribution < 1.29 is 19.4 Å². The molecule has 0 amide bonds. The topological polar surface area (TPSA) is 63.6 Å². The van der Waals surface area contributed by atoms with Crippen molar-refractivity contribution >= 4 is 11.9 Å². The maximum absolute atomic E-state index is 12.0. The number of rotatable bonds is 23. The van der Waals surface area contributed by atoms with Gasteiger partial charge in [0.25, 0.3) is 0 Å². The van der Waals surface area contributed by atoms with Crippen LogP contribution in [0.25, 0.3) is 0 Å². The van der Waals surface area contributed by atoms with E-state index in [1.165, 1.54) is 89.9 Å². The van der Waals surface area contributed by atoms with E-state index in [4.69, 9.17) is 9.84 Å². The minimum absolute atomic E-state index is 0.113. The monoisotopic (exact) mass is 438 g/mol. The summed E-state index contributed by atoms with van der Waals surface area (Å²) in [7, 11) is 0.